The lowest BCUT2D eigenvalue weighted by molar-refractivity contribution is -0.904. The molecule has 0 saturated carbocycles. The maximum absolute atomic E-state index is 2.44. The molecule has 23 heavy (non-hydrogen) atoms. The minimum atomic E-state index is 1.08. The molecule has 2 aromatic rings. The molecule has 0 unspecified atom stereocenters. The van der Waals surface area contributed by atoms with Crippen molar-refractivity contribution in [3.8, 4) is 0 Å². The van der Waals surface area contributed by atoms with Gasteiger partial charge in [0, 0.05) is 0 Å². The molecule has 0 aliphatic rings. The van der Waals surface area contributed by atoms with Crippen LogP contribution in [0.4, 0.5) is 0 Å². The van der Waals surface area contributed by atoms with Gasteiger partial charge in [-0.3, -0.25) is 0 Å². The molecular formula is C22H30N+. The molecule has 0 N–H and O–H groups in total. The minimum Gasteiger partial charge on any atom is -0.323 e. The van der Waals surface area contributed by atoms with E-state index in [-0.39, 0.29) is 0 Å². The molecular weight excluding hydrogens is 278 g/mol. The van der Waals surface area contributed by atoms with Crippen molar-refractivity contribution >= 4 is 5.57 Å². The number of hydrogen-bond acceptors (Lipinski definition) is 0. The van der Waals surface area contributed by atoms with E-state index in [9.17, 15) is 0 Å². The molecule has 1 nitrogen and oxygen atoms in total. The summed E-state index contributed by atoms with van der Waals surface area (Å²) in [5, 5.41) is 0. The minimum absolute atomic E-state index is 1.08. The first kappa shape index (κ1) is 17.5. The monoisotopic (exact) mass is 308 g/mol. The Morgan fingerprint density at radius 1 is 0.783 bits per heavy atom. The molecule has 0 fully saturated rings. The molecule has 0 radical (unpaired) electrons. The van der Waals surface area contributed by atoms with Crippen LogP contribution in [0.15, 0.2) is 66.7 Å². The highest BCUT2D eigenvalue weighted by Gasteiger charge is 2.18. The molecule has 0 aliphatic heterocycles. The lowest BCUT2D eigenvalue weighted by Gasteiger charge is -2.33. The van der Waals surface area contributed by atoms with Crippen LogP contribution in [0.25, 0.3) is 5.57 Å². The van der Waals surface area contributed by atoms with Crippen molar-refractivity contribution in [1.82, 2.24) is 0 Å². The van der Waals surface area contributed by atoms with E-state index in [1.54, 1.807) is 0 Å². The van der Waals surface area contributed by atoms with Gasteiger partial charge in [0.15, 0.2) is 0 Å². The fourth-order valence-electron chi connectivity index (χ4n) is 3.32. The molecule has 0 bridgehead atoms. The van der Waals surface area contributed by atoms with Crippen LogP contribution in [0.3, 0.4) is 0 Å². The van der Waals surface area contributed by atoms with Gasteiger partial charge >= 0.3 is 0 Å². The van der Waals surface area contributed by atoms with Gasteiger partial charge < -0.3 is 4.48 Å². The fraction of sp³-hybridized carbons (Fsp3) is 0.364. The second-order valence-electron chi connectivity index (χ2n) is 6.60. The molecule has 1 heteroatoms. The number of likely N-dealkylation sites (N-methyl/N-ethyl adjacent to an activating group) is 1. The van der Waals surface area contributed by atoms with Gasteiger partial charge in [-0.25, -0.2) is 0 Å². The summed E-state index contributed by atoms with van der Waals surface area (Å²) in [5.74, 6) is 0. The third-order valence-electron chi connectivity index (χ3n) is 4.43. The van der Waals surface area contributed by atoms with Crippen LogP contribution in [-0.2, 0) is 0 Å². The highest BCUT2D eigenvalue weighted by atomic mass is 15.3. The quantitative estimate of drug-likeness (QED) is 0.574. The first-order chi connectivity index (χ1) is 11.2. The molecule has 0 aromatic heterocycles. The van der Waals surface area contributed by atoms with E-state index in [1.807, 2.05) is 0 Å². The van der Waals surface area contributed by atoms with Crippen molar-refractivity contribution in [3.05, 3.63) is 77.9 Å². The molecule has 0 saturated heterocycles. The van der Waals surface area contributed by atoms with Gasteiger partial charge in [0.2, 0.25) is 0 Å². The van der Waals surface area contributed by atoms with Crippen LogP contribution >= 0.6 is 0 Å². The van der Waals surface area contributed by atoms with Crippen molar-refractivity contribution in [2.45, 2.75) is 26.7 Å². The standard InChI is InChI=1S/C22H30N/c1-4-17-23(3,18-5-2)19-16-22(20-12-8-6-9-13-20)21-14-10-7-11-15-21/h6-16H,4-5,17-19H2,1-3H3/q+1. The van der Waals surface area contributed by atoms with Gasteiger partial charge in [-0.1, -0.05) is 74.5 Å². The smallest absolute Gasteiger partial charge is 0.0980 e. The Morgan fingerprint density at radius 2 is 1.22 bits per heavy atom. The molecule has 0 amide bonds. The highest BCUT2D eigenvalue weighted by molar-refractivity contribution is 5.79. The first-order valence-corrected chi connectivity index (χ1v) is 8.83. The largest absolute Gasteiger partial charge is 0.323 e. The Morgan fingerprint density at radius 3 is 1.61 bits per heavy atom. The Bertz CT molecular complexity index is 551. The molecule has 0 spiro atoms. The normalized spacial score (nSPS) is 11.3. The summed E-state index contributed by atoms with van der Waals surface area (Å²) in [6, 6.07) is 21.5. The molecule has 0 heterocycles. The van der Waals surface area contributed by atoms with Gasteiger partial charge in [-0.05, 0) is 35.6 Å². The van der Waals surface area contributed by atoms with Crippen LogP contribution in [0, 0.1) is 0 Å². The predicted octanol–water partition coefficient (Wildman–Crippen LogP) is 5.38. The maximum Gasteiger partial charge on any atom is 0.0980 e. The SMILES string of the molecule is CCC[N+](C)(CC=C(c1ccccc1)c1ccccc1)CCC. The first-order valence-electron chi connectivity index (χ1n) is 8.83. The second kappa shape index (κ2) is 8.69. The number of benzene rings is 2. The van der Waals surface area contributed by atoms with Gasteiger partial charge in [0.25, 0.3) is 0 Å². The molecule has 122 valence electrons. The van der Waals surface area contributed by atoms with E-state index in [2.05, 4.69) is 87.6 Å². The van der Waals surface area contributed by atoms with Gasteiger partial charge in [-0.15, -0.1) is 0 Å². The Kier molecular flexibility index (Phi) is 6.61. The van der Waals surface area contributed by atoms with Gasteiger partial charge in [0.1, 0.15) is 0 Å². The van der Waals surface area contributed by atoms with Crippen molar-refractivity contribution in [1.29, 1.82) is 0 Å². The Labute approximate surface area is 141 Å². The zero-order chi connectivity index (χ0) is 16.5. The molecule has 0 atom stereocenters. The summed E-state index contributed by atoms with van der Waals surface area (Å²) in [6.45, 7) is 8.12. The summed E-state index contributed by atoms with van der Waals surface area (Å²) in [7, 11) is 2.39. The summed E-state index contributed by atoms with van der Waals surface area (Å²) >= 11 is 0. The third kappa shape index (κ3) is 5.07. The number of hydrogen-bond donors (Lipinski definition) is 0. The van der Waals surface area contributed by atoms with Crippen LogP contribution in [0.1, 0.15) is 37.8 Å². The lowest BCUT2D eigenvalue weighted by atomic mass is 9.97. The number of rotatable bonds is 8. The molecule has 0 aliphatic carbocycles. The van der Waals surface area contributed by atoms with E-state index < -0.39 is 0 Å². The topological polar surface area (TPSA) is 0 Å². The van der Waals surface area contributed by atoms with Crippen molar-refractivity contribution in [2.24, 2.45) is 0 Å². The molecule has 2 aromatic carbocycles. The van der Waals surface area contributed by atoms with Gasteiger partial charge in [0.05, 0.1) is 26.7 Å². The van der Waals surface area contributed by atoms with Crippen molar-refractivity contribution in [3.63, 3.8) is 0 Å². The maximum atomic E-state index is 2.44. The summed E-state index contributed by atoms with van der Waals surface area (Å²) in [6.07, 6.45) is 4.91. The Balaban J connectivity index is 2.34. The highest BCUT2D eigenvalue weighted by Crippen LogP contribution is 2.24. The van der Waals surface area contributed by atoms with Crippen LogP contribution in [0.2, 0.25) is 0 Å². The van der Waals surface area contributed by atoms with Crippen LogP contribution in [0.5, 0.6) is 0 Å². The fourth-order valence-corrected chi connectivity index (χ4v) is 3.32. The number of nitrogens with zero attached hydrogens (tertiary/aromatic N) is 1. The summed E-state index contributed by atoms with van der Waals surface area (Å²) in [4.78, 5) is 0. The van der Waals surface area contributed by atoms with Crippen molar-refractivity contribution < 1.29 is 4.48 Å². The van der Waals surface area contributed by atoms with Crippen LogP contribution in [-0.4, -0.2) is 31.2 Å². The zero-order valence-electron chi connectivity index (χ0n) is 14.8. The van der Waals surface area contributed by atoms with E-state index in [4.69, 9.17) is 0 Å². The van der Waals surface area contributed by atoms with Crippen molar-refractivity contribution in [2.75, 3.05) is 26.7 Å². The zero-order valence-corrected chi connectivity index (χ0v) is 14.8. The summed E-state index contributed by atoms with van der Waals surface area (Å²) in [5.41, 5.74) is 3.96. The third-order valence-corrected chi connectivity index (χ3v) is 4.43. The lowest BCUT2D eigenvalue weighted by Crippen LogP contribution is -2.45. The average Bonchev–Trinajstić information content (AvgIpc) is 2.57. The number of quaternary nitrogens is 1. The van der Waals surface area contributed by atoms with E-state index in [1.165, 1.54) is 42.6 Å². The average molecular weight is 308 g/mol. The Hall–Kier alpha value is -1.86. The van der Waals surface area contributed by atoms with Gasteiger partial charge in [-0.2, -0.15) is 0 Å². The van der Waals surface area contributed by atoms with E-state index in [0.717, 1.165) is 11.0 Å². The molecule has 2 rings (SSSR count). The second-order valence-corrected chi connectivity index (χ2v) is 6.60. The van der Waals surface area contributed by atoms with E-state index >= 15 is 0 Å². The summed E-state index contributed by atoms with van der Waals surface area (Å²) < 4.78 is 1.12. The van der Waals surface area contributed by atoms with E-state index in [0.29, 0.717) is 0 Å². The van der Waals surface area contributed by atoms with Crippen LogP contribution < -0.4 is 0 Å². The predicted molar refractivity (Wildman–Crippen MR) is 101 cm³/mol.